The van der Waals surface area contributed by atoms with Gasteiger partial charge in [-0.15, -0.1) is 0 Å². The molecule has 0 spiro atoms. The van der Waals surface area contributed by atoms with Crippen LogP contribution in [0.15, 0.2) is 48.5 Å². The van der Waals surface area contributed by atoms with Crippen molar-refractivity contribution in [2.75, 3.05) is 13.2 Å². The Morgan fingerprint density at radius 3 is 1.58 bits per heavy atom. The molecule has 2 atom stereocenters. The lowest BCUT2D eigenvalue weighted by atomic mass is 10.2. The number of amides is 2. The summed E-state index contributed by atoms with van der Waals surface area (Å²) in [7, 11) is 0. The SMILES string of the molecule is O=C(COc1cccc(C(=O)O)c1)N[C@H]1C[C@H]1NC(=O)COc1cccc(C(=O)O)c1. The van der Waals surface area contributed by atoms with Crippen LogP contribution in [0.4, 0.5) is 0 Å². The smallest absolute Gasteiger partial charge is 0.335 e. The van der Waals surface area contributed by atoms with E-state index in [1.54, 1.807) is 12.1 Å². The van der Waals surface area contributed by atoms with Crippen LogP contribution in [0.5, 0.6) is 11.5 Å². The summed E-state index contributed by atoms with van der Waals surface area (Å²) < 4.78 is 10.6. The summed E-state index contributed by atoms with van der Waals surface area (Å²) in [4.78, 5) is 45.8. The minimum Gasteiger partial charge on any atom is -0.484 e. The Morgan fingerprint density at radius 1 is 0.774 bits per heavy atom. The Morgan fingerprint density at radius 2 is 1.19 bits per heavy atom. The summed E-state index contributed by atoms with van der Waals surface area (Å²) in [5.41, 5.74) is 0.111. The predicted octanol–water partition coefficient (Wildman–Crippen LogP) is 0.914. The maximum atomic E-state index is 12.0. The molecule has 0 aromatic heterocycles. The quantitative estimate of drug-likeness (QED) is 0.436. The number of aromatic carboxylic acids is 2. The monoisotopic (exact) mass is 428 g/mol. The van der Waals surface area contributed by atoms with Crippen molar-refractivity contribution < 1.29 is 38.9 Å². The van der Waals surface area contributed by atoms with E-state index < -0.39 is 23.8 Å². The molecular weight excluding hydrogens is 408 g/mol. The van der Waals surface area contributed by atoms with Crippen LogP contribution in [0.3, 0.4) is 0 Å². The zero-order valence-corrected chi connectivity index (χ0v) is 16.2. The van der Waals surface area contributed by atoms with Gasteiger partial charge >= 0.3 is 11.9 Å². The highest BCUT2D eigenvalue weighted by molar-refractivity contribution is 5.88. The summed E-state index contributed by atoms with van der Waals surface area (Å²) in [5.74, 6) is -2.46. The van der Waals surface area contributed by atoms with E-state index in [9.17, 15) is 19.2 Å². The van der Waals surface area contributed by atoms with Gasteiger partial charge in [0.1, 0.15) is 11.5 Å². The molecule has 0 heterocycles. The maximum absolute atomic E-state index is 12.0. The first-order valence-corrected chi connectivity index (χ1v) is 9.33. The van der Waals surface area contributed by atoms with E-state index >= 15 is 0 Å². The molecule has 2 aromatic rings. The minimum absolute atomic E-state index is 0.0554. The number of rotatable bonds is 10. The number of carbonyl (C=O) groups excluding carboxylic acids is 2. The molecule has 0 unspecified atom stereocenters. The van der Waals surface area contributed by atoms with Gasteiger partial charge in [-0.3, -0.25) is 9.59 Å². The third kappa shape index (κ3) is 6.46. The van der Waals surface area contributed by atoms with Gasteiger partial charge in [0, 0.05) is 0 Å². The Kier molecular flexibility index (Phi) is 6.71. The van der Waals surface area contributed by atoms with Crippen molar-refractivity contribution in [3.8, 4) is 11.5 Å². The van der Waals surface area contributed by atoms with Gasteiger partial charge in [-0.05, 0) is 42.8 Å². The number of hydrogen-bond acceptors (Lipinski definition) is 6. The van der Waals surface area contributed by atoms with Crippen LogP contribution in [0.2, 0.25) is 0 Å². The highest BCUT2D eigenvalue weighted by Gasteiger charge is 2.39. The first-order chi connectivity index (χ1) is 14.8. The fourth-order valence-electron chi connectivity index (χ4n) is 2.75. The van der Waals surface area contributed by atoms with Gasteiger partial charge in [0.15, 0.2) is 13.2 Å². The first kappa shape index (κ1) is 21.6. The largest absolute Gasteiger partial charge is 0.484 e. The summed E-state index contributed by atoms with van der Waals surface area (Å²) in [6, 6.07) is 11.1. The van der Waals surface area contributed by atoms with Gasteiger partial charge in [0.05, 0.1) is 23.2 Å². The number of ether oxygens (including phenoxy) is 2. The van der Waals surface area contributed by atoms with E-state index in [0.29, 0.717) is 6.42 Å². The van der Waals surface area contributed by atoms with Gasteiger partial charge in [-0.1, -0.05) is 12.1 Å². The third-order valence-corrected chi connectivity index (χ3v) is 4.39. The summed E-state index contributed by atoms with van der Waals surface area (Å²) in [6.45, 7) is -0.577. The molecule has 3 rings (SSSR count). The Hall–Kier alpha value is -4.08. The van der Waals surface area contributed by atoms with Crippen molar-refractivity contribution in [3.63, 3.8) is 0 Å². The Bertz CT molecular complexity index is 927. The summed E-state index contributed by atoms with van der Waals surface area (Å²) >= 11 is 0. The zero-order valence-electron chi connectivity index (χ0n) is 16.2. The molecule has 1 saturated carbocycles. The van der Waals surface area contributed by atoms with Crippen molar-refractivity contribution in [1.82, 2.24) is 10.6 Å². The number of benzene rings is 2. The number of carboxylic acids is 2. The average Bonchev–Trinajstić information content (AvgIpc) is 3.47. The van der Waals surface area contributed by atoms with Crippen molar-refractivity contribution in [1.29, 1.82) is 0 Å². The molecular formula is C21H20N2O8. The van der Waals surface area contributed by atoms with Crippen molar-refractivity contribution in [2.24, 2.45) is 0 Å². The average molecular weight is 428 g/mol. The number of nitrogens with one attached hydrogen (secondary N) is 2. The van der Waals surface area contributed by atoms with Crippen molar-refractivity contribution in [3.05, 3.63) is 59.7 Å². The molecule has 0 aliphatic heterocycles. The fourth-order valence-corrected chi connectivity index (χ4v) is 2.75. The molecule has 0 saturated heterocycles. The molecule has 31 heavy (non-hydrogen) atoms. The van der Waals surface area contributed by atoms with Crippen LogP contribution in [0.1, 0.15) is 27.1 Å². The lowest BCUT2D eigenvalue weighted by Crippen LogP contribution is -2.38. The lowest BCUT2D eigenvalue weighted by molar-refractivity contribution is -0.124. The number of carboxylic acid groups (broad SMARTS) is 2. The van der Waals surface area contributed by atoms with Crippen molar-refractivity contribution >= 4 is 23.8 Å². The fraction of sp³-hybridized carbons (Fsp3) is 0.238. The van der Waals surface area contributed by atoms with Gasteiger partial charge in [-0.2, -0.15) is 0 Å². The van der Waals surface area contributed by atoms with Crippen molar-refractivity contribution in [2.45, 2.75) is 18.5 Å². The van der Waals surface area contributed by atoms with E-state index in [4.69, 9.17) is 19.7 Å². The molecule has 4 N–H and O–H groups in total. The van der Waals surface area contributed by atoms with Crippen LogP contribution in [-0.2, 0) is 9.59 Å². The molecule has 162 valence electrons. The molecule has 1 fully saturated rings. The molecule has 1 aliphatic rings. The van der Waals surface area contributed by atoms with Gasteiger partial charge in [0.25, 0.3) is 11.8 Å². The molecule has 0 bridgehead atoms. The number of carbonyl (C=O) groups is 4. The highest BCUT2D eigenvalue weighted by Crippen LogP contribution is 2.21. The van der Waals surface area contributed by atoms with E-state index in [1.165, 1.54) is 36.4 Å². The normalized spacial score (nSPS) is 16.6. The highest BCUT2D eigenvalue weighted by atomic mass is 16.5. The molecule has 10 nitrogen and oxygen atoms in total. The second kappa shape index (κ2) is 9.61. The van der Waals surface area contributed by atoms with Crippen LogP contribution in [0, 0.1) is 0 Å². The summed E-state index contributed by atoms with van der Waals surface area (Å²) in [5, 5.41) is 23.3. The maximum Gasteiger partial charge on any atom is 0.335 e. The summed E-state index contributed by atoms with van der Waals surface area (Å²) in [6.07, 6.45) is 0.556. The lowest BCUT2D eigenvalue weighted by Gasteiger charge is -2.09. The van der Waals surface area contributed by atoms with Gasteiger partial charge in [0.2, 0.25) is 0 Å². The predicted molar refractivity (Wildman–Crippen MR) is 106 cm³/mol. The van der Waals surface area contributed by atoms with E-state index in [-0.39, 0.29) is 47.9 Å². The van der Waals surface area contributed by atoms with Crippen LogP contribution >= 0.6 is 0 Å². The topological polar surface area (TPSA) is 151 Å². The van der Waals surface area contributed by atoms with E-state index in [0.717, 1.165) is 0 Å². The van der Waals surface area contributed by atoms with Gasteiger partial charge in [-0.25, -0.2) is 9.59 Å². The third-order valence-electron chi connectivity index (χ3n) is 4.39. The van der Waals surface area contributed by atoms with E-state index in [2.05, 4.69) is 10.6 Å². The Balaban J connectivity index is 1.36. The van der Waals surface area contributed by atoms with Crippen LogP contribution < -0.4 is 20.1 Å². The van der Waals surface area contributed by atoms with Crippen LogP contribution in [0.25, 0.3) is 0 Å². The molecule has 1 aliphatic carbocycles. The first-order valence-electron chi connectivity index (χ1n) is 9.33. The molecule has 10 heteroatoms. The molecule has 0 radical (unpaired) electrons. The Labute approximate surface area is 176 Å². The standard InChI is InChI=1S/C21H20N2O8/c24-18(10-30-14-5-1-3-12(7-14)20(26)27)22-16-9-17(16)23-19(25)11-31-15-6-2-4-13(8-15)21(28)29/h1-8,16-17H,9-11H2,(H,22,24)(H,23,25)(H,26,27)(H,28,29)/t16-,17+. The van der Waals surface area contributed by atoms with E-state index in [1.807, 2.05) is 0 Å². The zero-order chi connectivity index (χ0) is 22.4. The second-order valence-corrected chi connectivity index (χ2v) is 6.83. The minimum atomic E-state index is -1.09. The second-order valence-electron chi connectivity index (χ2n) is 6.83. The molecule has 2 aromatic carbocycles. The van der Waals surface area contributed by atoms with Gasteiger partial charge < -0.3 is 30.3 Å². The molecule has 2 amide bonds. The number of hydrogen-bond donors (Lipinski definition) is 4. The van der Waals surface area contributed by atoms with Crippen LogP contribution in [-0.4, -0.2) is 59.3 Å².